The van der Waals surface area contributed by atoms with Gasteiger partial charge in [-0.15, -0.1) is 0 Å². The number of carbonyl (C=O) groups excluding carboxylic acids is 1. The fraction of sp³-hybridized carbons (Fsp3) is 0.611. The van der Waals surface area contributed by atoms with Crippen LogP contribution in [0, 0.1) is 5.92 Å². The molecule has 0 bridgehead atoms. The minimum atomic E-state index is -0.102. The molecule has 4 heteroatoms. The fourth-order valence-electron chi connectivity index (χ4n) is 2.38. The second-order valence-electron chi connectivity index (χ2n) is 6.31. The number of aliphatic hydroxyl groups is 1. The van der Waals surface area contributed by atoms with Crippen molar-refractivity contribution in [3.05, 3.63) is 35.9 Å². The number of amides is 2. The summed E-state index contributed by atoms with van der Waals surface area (Å²) in [6, 6.07) is 9.90. The number of benzene rings is 1. The molecule has 22 heavy (non-hydrogen) atoms. The largest absolute Gasteiger partial charge is 0.395 e. The second kappa shape index (κ2) is 10.2. The van der Waals surface area contributed by atoms with Crippen molar-refractivity contribution < 1.29 is 9.90 Å². The Bertz CT molecular complexity index is 420. The van der Waals surface area contributed by atoms with E-state index in [-0.39, 0.29) is 18.7 Å². The normalized spacial score (nSPS) is 12.2. The van der Waals surface area contributed by atoms with Crippen LogP contribution >= 0.6 is 0 Å². The van der Waals surface area contributed by atoms with Crippen molar-refractivity contribution in [3.63, 3.8) is 0 Å². The highest BCUT2D eigenvalue weighted by molar-refractivity contribution is 5.74. The molecular formula is C18H30N2O2. The van der Waals surface area contributed by atoms with Crippen LogP contribution in [0.2, 0.25) is 0 Å². The number of hydrogen-bond donors (Lipinski definition) is 2. The van der Waals surface area contributed by atoms with Gasteiger partial charge < -0.3 is 15.3 Å². The molecule has 4 nitrogen and oxygen atoms in total. The fourth-order valence-corrected chi connectivity index (χ4v) is 2.38. The zero-order valence-electron chi connectivity index (χ0n) is 14.1. The van der Waals surface area contributed by atoms with Gasteiger partial charge in [-0.1, -0.05) is 57.0 Å². The third kappa shape index (κ3) is 7.46. The van der Waals surface area contributed by atoms with E-state index in [1.807, 2.05) is 37.3 Å². The van der Waals surface area contributed by atoms with Gasteiger partial charge in [0.15, 0.2) is 0 Å². The molecule has 1 aromatic carbocycles. The molecule has 0 aromatic heterocycles. The predicted octanol–water partition coefficient (Wildman–Crippen LogP) is 3.41. The lowest BCUT2D eigenvalue weighted by Gasteiger charge is -2.25. The van der Waals surface area contributed by atoms with Gasteiger partial charge in [0.1, 0.15) is 0 Å². The minimum absolute atomic E-state index is 0.0258. The SMILES string of the molecule is CC(C)CCCC(C)NC(=O)N(CCO)Cc1ccccc1. The molecule has 0 radical (unpaired) electrons. The zero-order chi connectivity index (χ0) is 16.4. The molecule has 0 saturated carbocycles. The van der Waals surface area contributed by atoms with E-state index in [2.05, 4.69) is 19.2 Å². The van der Waals surface area contributed by atoms with Crippen LogP contribution in [0.5, 0.6) is 0 Å². The first kappa shape index (κ1) is 18.5. The third-order valence-corrected chi connectivity index (χ3v) is 3.66. The van der Waals surface area contributed by atoms with Gasteiger partial charge in [-0.05, 0) is 24.8 Å². The number of nitrogens with one attached hydrogen (secondary N) is 1. The highest BCUT2D eigenvalue weighted by atomic mass is 16.3. The summed E-state index contributed by atoms with van der Waals surface area (Å²) in [6.07, 6.45) is 3.30. The first-order valence-electron chi connectivity index (χ1n) is 8.23. The Morgan fingerprint density at radius 3 is 2.45 bits per heavy atom. The van der Waals surface area contributed by atoms with Gasteiger partial charge in [0, 0.05) is 19.1 Å². The summed E-state index contributed by atoms with van der Waals surface area (Å²) < 4.78 is 0. The van der Waals surface area contributed by atoms with Gasteiger partial charge in [0.05, 0.1) is 6.61 Å². The highest BCUT2D eigenvalue weighted by Crippen LogP contribution is 2.09. The van der Waals surface area contributed by atoms with Gasteiger partial charge in [0.25, 0.3) is 0 Å². The van der Waals surface area contributed by atoms with E-state index in [0.717, 1.165) is 18.4 Å². The van der Waals surface area contributed by atoms with Crippen molar-refractivity contribution in [1.82, 2.24) is 10.2 Å². The molecule has 0 spiro atoms. The van der Waals surface area contributed by atoms with Crippen LogP contribution in [0.4, 0.5) is 4.79 Å². The number of carbonyl (C=O) groups is 1. The van der Waals surface area contributed by atoms with Crippen LogP contribution in [-0.4, -0.2) is 35.2 Å². The smallest absolute Gasteiger partial charge is 0.317 e. The average molecular weight is 306 g/mol. The maximum atomic E-state index is 12.3. The molecule has 0 fully saturated rings. The lowest BCUT2D eigenvalue weighted by molar-refractivity contribution is 0.171. The Hall–Kier alpha value is -1.55. The molecule has 1 rings (SSSR count). The quantitative estimate of drug-likeness (QED) is 0.734. The maximum Gasteiger partial charge on any atom is 0.317 e. The number of nitrogens with zero attached hydrogens (tertiary/aromatic N) is 1. The molecule has 0 aliphatic carbocycles. The summed E-state index contributed by atoms with van der Waals surface area (Å²) >= 11 is 0. The lowest BCUT2D eigenvalue weighted by Crippen LogP contribution is -2.44. The molecule has 124 valence electrons. The molecular weight excluding hydrogens is 276 g/mol. The second-order valence-corrected chi connectivity index (χ2v) is 6.31. The van der Waals surface area contributed by atoms with Gasteiger partial charge in [0.2, 0.25) is 0 Å². The van der Waals surface area contributed by atoms with Crippen molar-refractivity contribution in [2.24, 2.45) is 5.92 Å². The van der Waals surface area contributed by atoms with E-state index in [1.54, 1.807) is 4.90 Å². The van der Waals surface area contributed by atoms with Crippen LogP contribution < -0.4 is 5.32 Å². The molecule has 2 N–H and O–H groups in total. The van der Waals surface area contributed by atoms with Gasteiger partial charge >= 0.3 is 6.03 Å². The number of aliphatic hydroxyl groups excluding tert-OH is 1. The standard InChI is InChI=1S/C18H30N2O2/c1-15(2)8-7-9-16(3)19-18(22)20(12-13-21)14-17-10-5-4-6-11-17/h4-6,10-11,15-16,21H,7-9,12-14H2,1-3H3,(H,19,22). The van der Waals surface area contributed by atoms with E-state index >= 15 is 0 Å². The summed E-state index contributed by atoms with van der Waals surface area (Å²) in [7, 11) is 0. The van der Waals surface area contributed by atoms with Crippen LogP contribution in [0.3, 0.4) is 0 Å². The molecule has 0 heterocycles. The Balaban J connectivity index is 2.47. The lowest BCUT2D eigenvalue weighted by atomic mass is 10.0. The molecule has 1 unspecified atom stereocenters. The molecule has 0 aliphatic heterocycles. The van der Waals surface area contributed by atoms with Crippen molar-refractivity contribution in [1.29, 1.82) is 0 Å². The predicted molar refractivity (Wildman–Crippen MR) is 90.6 cm³/mol. The molecule has 0 saturated heterocycles. The Kier molecular flexibility index (Phi) is 8.60. The van der Waals surface area contributed by atoms with E-state index in [0.29, 0.717) is 19.0 Å². The summed E-state index contributed by atoms with van der Waals surface area (Å²) in [5.41, 5.74) is 1.07. The van der Waals surface area contributed by atoms with E-state index in [4.69, 9.17) is 0 Å². The number of hydrogen-bond acceptors (Lipinski definition) is 2. The van der Waals surface area contributed by atoms with Crippen LogP contribution in [-0.2, 0) is 6.54 Å². The van der Waals surface area contributed by atoms with Crippen molar-refractivity contribution in [2.75, 3.05) is 13.2 Å². The van der Waals surface area contributed by atoms with E-state index in [1.165, 1.54) is 6.42 Å². The summed E-state index contributed by atoms with van der Waals surface area (Å²) in [5.74, 6) is 0.701. The first-order valence-corrected chi connectivity index (χ1v) is 8.23. The third-order valence-electron chi connectivity index (χ3n) is 3.66. The highest BCUT2D eigenvalue weighted by Gasteiger charge is 2.15. The minimum Gasteiger partial charge on any atom is -0.395 e. The topological polar surface area (TPSA) is 52.6 Å². The van der Waals surface area contributed by atoms with E-state index in [9.17, 15) is 9.90 Å². The Morgan fingerprint density at radius 2 is 1.86 bits per heavy atom. The molecule has 2 amide bonds. The summed E-state index contributed by atoms with van der Waals surface area (Å²) in [5, 5.41) is 12.2. The molecule has 1 atom stereocenters. The van der Waals surface area contributed by atoms with Crippen LogP contribution in [0.15, 0.2) is 30.3 Å². The zero-order valence-corrected chi connectivity index (χ0v) is 14.1. The number of urea groups is 1. The number of rotatable bonds is 9. The maximum absolute atomic E-state index is 12.3. The van der Waals surface area contributed by atoms with Crippen LogP contribution in [0.1, 0.15) is 45.6 Å². The summed E-state index contributed by atoms with van der Waals surface area (Å²) in [4.78, 5) is 14.0. The summed E-state index contributed by atoms with van der Waals surface area (Å²) in [6.45, 7) is 7.31. The Morgan fingerprint density at radius 1 is 1.18 bits per heavy atom. The van der Waals surface area contributed by atoms with Gasteiger partial charge in [-0.2, -0.15) is 0 Å². The van der Waals surface area contributed by atoms with E-state index < -0.39 is 0 Å². The van der Waals surface area contributed by atoms with Crippen molar-refractivity contribution in [2.45, 2.75) is 52.6 Å². The Labute approximate surface area is 134 Å². The monoisotopic (exact) mass is 306 g/mol. The molecule has 0 aliphatic rings. The van der Waals surface area contributed by atoms with Crippen molar-refractivity contribution in [3.8, 4) is 0 Å². The van der Waals surface area contributed by atoms with Crippen LogP contribution in [0.25, 0.3) is 0 Å². The van der Waals surface area contributed by atoms with Crippen molar-refractivity contribution >= 4 is 6.03 Å². The van der Waals surface area contributed by atoms with Gasteiger partial charge in [-0.3, -0.25) is 0 Å². The van der Waals surface area contributed by atoms with Gasteiger partial charge in [-0.25, -0.2) is 4.79 Å². The first-order chi connectivity index (χ1) is 10.5. The molecule has 1 aromatic rings. The average Bonchev–Trinajstić information content (AvgIpc) is 2.47.